The van der Waals surface area contributed by atoms with E-state index in [-0.39, 0.29) is 6.42 Å². The lowest BCUT2D eigenvalue weighted by Gasteiger charge is -2.36. The van der Waals surface area contributed by atoms with Gasteiger partial charge in [0.15, 0.2) is 5.79 Å². The summed E-state index contributed by atoms with van der Waals surface area (Å²) < 4.78 is 24.5. The highest BCUT2D eigenvalue weighted by atomic mass is 16.8. The molecule has 0 unspecified atom stereocenters. The number of ether oxygens (including phenoxy) is 5. The molecular formula is C15H22O11. The van der Waals surface area contributed by atoms with Crippen LogP contribution in [0.3, 0.4) is 0 Å². The van der Waals surface area contributed by atoms with Crippen LogP contribution >= 0.6 is 0 Å². The molecule has 0 bridgehead atoms. The van der Waals surface area contributed by atoms with Crippen LogP contribution in [0.5, 0.6) is 0 Å². The largest absolute Gasteiger partial charge is 0.467 e. The first-order chi connectivity index (χ1) is 12.1. The fourth-order valence-corrected chi connectivity index (χ4v) is 3.50. The molecule has 2 fully saturated rings. The standard InChI is InChI=1S/C15H22O11/c1-5-6-13(24-4)7(16)8(17)15(26-13)12(20)25-9(10(18)22-2)14(15,21)11(19)23-3/h7-9,16-17,21H,5-6H2,1-4H3/t7-,8-,9-,13+,14-,15+/m1/s1. The molecule has 0 amide bonds. The van der Waals surface area contributed by atoms with Gasteiger partial charge in [-0.15, -0.1) is 0 Å². The van der Waals surface area contributed by atoms with Crippen molar-refractivity contribution in [3.8, 4) is 0 Å². The average molecular weight is 378 g/mol. The van der Waals surface area contributed by atoms with Crippen molar-refractivity contribution in [3.05, 3.63) is 0 Å². The van der Waals surface area contributed by atoms with Gasteiger partial charge in [-0.25, -0.2) is 14.4 Å². The Morgan fingerprint density at radius 3 is 2.23 bits per heavy atom. The van der Waals surface area contributed by atoms with Crippen molar-refractivity contribution in [2.24, 2.45) is 0 Å². The van der Waals surface area contributed by atoms with Gasteiger partial charge in [-0.05, 0) is 0 Å². The third-order valence-electron chi connectivity index (χ3n) is 4.83. The highest BCUT2D eigenvalue weighted by molar-refractivity contribution is 6.03. The molecule has 11 heteroatoms. The Kier molecular flexibility index (Phi) is 5.32. The Morgan fingerprint density at radius 2 is 1.77 bits per heavy atom. The van der Waals surface area contributed by atoms with E-state index in [1.54, 1.807) is 6.92 Å². The van der Waals surface area contributed by atoms with Crippen LogP contribution in [0.25, 0.3) is 0 Å². The number of cyclic esters (lactones) is 1. The van der Waals surface area contributed by atoms with Crippen molar-refractivity contribution in [2.75, 3.05) is 21.3 Å². The molecule has 11 nitrogen and oxygen atoms in total. The van der Waals surface area contributed by atoms with Gasteiger partial charge in [0, 0.05) is 13.5 Å². The topological polar surface area (TPSA) is 158 Å². The minimum absolute atomic E-state index is 0.00308. The second-order valence-corrected chi connectivity index (χ2v) is 6.06. The van der Waals surface area contributed by atoms with Gasteiger partial charge in [0.25, 0.3) is 5.60 Å². The molecule has 2 aliphatic rings. The Balaban J connectivity index is 2.69. The third kappa shape index (κ3) is 2.28. The van der Waals surface area contributed by atoms with E-state index >= 15 is 0 Å². The number of carbonyl (C=O) groups is 3. The maximum absolute atomic E-state index is 12.6. The minimum atomic E-state index is -3.12. The van der Waals surface area contributed by atoms with Gasteiger partial charge in [0.1, 0.15) is 12.2 Å². The first-order valence-corrected chi connectivity index (χ1v) is 7.84. The molecule has 3 N–H and O–H groups in total. The van der Waals surface area contributed by atoms with Crippen molar-refractivity contribution in [3.63, 3.8) is 0 Å². The first-order valence-electron chi connectivity index (χ1n) is 7.84. The Labute approximate surface area is 148 Å². The number of aliphatic hydroxyl groups is 3. The van der Waals surface area contributed by atoms with Gasteiger partial charge in [-0.2, -0.15) is 0 Å². The summed E-state index contributed by atoms with van der Waals surface area (Å²) in [5.41, 5.74) is -5.98. The molecule has 26 heavy (non-hydrogen) atoms. The second-order valence-electron chi connectivity index (χ2n) is 6.06. The number of aliphatic hydroxyl groups excluding tert-OH is 2. The van der Waals surface area contributed by atoms with Gasteiger partial charge < -0.3 is 39.0 Å². The molecule has 0 aliphatic carbocycles. The summed E-state index contributed by atoms with van der Waals surface area (Å²) in [6.45, 7) is 1.71. The summed E-state index contributed by atoms with van der Waals surface area (Å²) in [6.07, 6.45) is -5.80. The maximum Gasteiger partial charge on any atom is 0.351 e. The summed E-state index contributed by atoms with van der Waals surface area (Å²) in [7, 11) is 2.98. The predicted molar refractivity (Wildman–Crippen MR) is 79.3 cm³/mol. The molecule has 148 valence electrons. The van der Waals surface area contributed by atoms with Crippen LogP contribution in [0.4, 0.5) is 0 Å². The molecule has 2 aliphatic heterocycles. The molecular weight excluding hydrogens is 356 g/mol. The number of rotatable bonds is 5. The monoisotopic (exact) mass is 378 g/mol. The van der Waals surface area contributed by atoms with Crippen LogP contribution in [-0.2, 0) is 38.1 Å². The van der Waals surface area contributed by atoms with Gasteiger partial charge in [0.2, 0.25) is 11.7 Å². The van der Waals surface area contributed by atoms with E-state index in [2.05, 4.69) is 9.47 Å². The zero-order valence-corrected chi connectivity index (χ0v) is 14.8. The van der Waals surface area contributed by atoms with Gasteiger partial charge in [0.05, 0.1) is 14.2 Å². The maximum atomic E-state index is 12.6. The molecule has 0 aromatic carbocycles. The highest BCUT2D eigenvalue weighted by Crippen LogP contribution is 2.53. The number of hydrogen-bond acceptors (Lipinski definition) is 11. The molecule has 6 atom stereocenters. The van der Waals surface area contributed by atoms with Crippen molar-refractivity contribution in [1.82, 2.24) is 0 Å². The normalized spacial score (nSPS) is 42.0. The smallest absolute Gasteiger partial charge is 0.351 e. The van der Waals surface area contributed by atoms with Crippen molar-refractivity contribution in [2.45, 2.75) is 55.1 Å². The van der Waals surface area contributed by atoms with E-state index in [0.717, 1.165) is 21.3 Å². The zero-order valence-electron chi connectivity index (χ0n) is 14.8. The van der Waals surface area contributed by atoms with E-state index in [1.807, 2.05) is 0 Å². The summed E-state index contributed by atoms with van der Waals surface area (Å²) in [4.78, 5) is 36.9. The third-order valence-corrected chi connectivity index (χ3v) is 4.83. The lowest BCUT2D eigenvalue weighted by molar-refractivity contribution is -0.285. The van der Waals surface area contributed by atoms with E-state index in [4.69, 9.17) is 14.2 Å². The fourth-order valence-electron chi connectivity index (χ4n) is 3.50. The molecule has 0 aromatic rings. The summed E-state index contributed by atoms with van der Waals surface area (Å²) >= 11 is 0. The number of carbonyl (C=O) groups excluding carboxylic acids is 3. The number of hydrogen-bond donors (Lipinski definition) is 3. The molecule has 2 saturated heterocycles. The van der Waals surface area contributed by atoms with Gasteiger partial charge in [-0.1, -0.05) is 13.3 Å². The predicted octanol–water partition coefficient (Wildman–Crippen LogP) is -2.38. The molecule has 2 heterocycles. The van der Waals surface area contributed by atoms with Crippen LogP contribution in [0, 0.1) is 0 Å². The van der Waals surface area contributed by atoms with E-state index in [0.29, 0.717) is 6.42 Å². The summed E-state index contributed by atoms with van der Waals surface area (Å²) in [5, 5.41) is 32.1. The van der Waals surface area contributed by atoms with E-state index < -0.39 is 53.2 Å². The lowest BCUT2D eigenvalue weighted by atomic mass is 9.76. The second kappa shape index (κ2) is 6.74. The lowest BCUT2D eigenvalue weighted by Crippen LogP contribution is -2.69. The number of esters is 3. The molecule has 0 saturated carbocycles. The first kappa shape index (κ1) is 20.5. The van der Waals surface area contributed by atoms with Crippen LogP contribution in [0.15, 0.2) is 0 Å². The van der Waals surface area contributed by atoms with Crippen LogP contribution in [-0.4, -0.2) is 89.9 Å². The molecule has 2 rings (SSSR count). The fraction of sp³-hybridized carbons (Fsp3) is 0.800. The Bertz CT molecular complexity index is 606. The molecule has 0 radical (unpaired) electrons. The van der Waals surface area contributed by atoms with E-state index in [9.17, 15) is 29.7 Å². The molecule has 1 spiro atoms. The Morgan fingerprint density at radius 1 is 1.15 bits per heavy atom. The van der Waals surface area contributed by atoms with Crippen LogP contribution < -0.4 is 0 Å². The highest BCUT2D eigenvalue weighted by Gasteiger charge is 2.85. The quantitative estimate of drug-likeness (QED) is 0.346. The minimum Gasteiger partial charge on any atom is -0.467 e. The Hall–Kier alpha value is -1.79. The van der Waals surface area contributed by atoms with Crippen LogP contribution in [0.1, 0.15) is 19.8 Å². The summed E-state index contributed by atoms with van der Waals surface area (Å²) in [6, 6.07) is 0. The van der Waals surface area contributed by atoms with Gasteiger partial charge in [-0.3, -0.25) is 0 Å². The van der Waals surface area contributed by atoms with Crippen LogP contribution in [0.2, 0.25) is 0 Å². The van der Waals surface area contributed by atoms with Gasteiger partial charge >= 0.3 is 17.9 Å². The van der Waals surface area contributed by atoms with Crippen molar-refractivity contribution >= 4 is 17.9 Å². The summed E-state index contributed by atoms with van der Waals surface area (Å²) in [5.74, 6) is -6.14. The SMILES string of the molecule is CCC[C@]1(OC)O[C@]2(C(=O)O[C@H](C(=O)OC)[C@@]2(O)C(=O)OC)[C@H](O)[C@H]1O. The number of methoxy groups -OCH3 is 3. The van der Waals surface area contributed by atoms with Crippen molar-refractivity contribution in [1.29, 1.82) is 0 Å². The van der Waals surface area contributed by atoms with Crippen molar-refractivity contribution < 1.29 is 53.4 Å². The average Bonchev–Trinajstić information content (AvgIpc) is 3.01. The van der Waals surface area contributed by atoms with E-state index in [1.165, 1.54) is 0 Å². The molecule has 0 aromatic heterocycles. The zero-order chi connectivity index (χ0) is 19.9.